The number of carboxylic acid groups (broad SMARTS) is 1. The number of esters is 1. The van der Waals surface area contributed by atoms with Crippen molar-refractivity contribution < 1.29 is 19.4 Å². The van der Waals surface area contributed by atoms with Crippen LogP contribution < -0.4 is 11.5 Å². The molecule has 0 unspecified atom stereocenters. The molecule has 2 aromatic heterocycles. The van der Waals surface area contributed by atoms with E-state index < -0.39 is 11.9 Å². The molecule has 0 bridgehead atoms. The molecular weight excluding hydrogens is 360 g/mol. The molecule has 8 nitrogen and oxygen atoms in total. The topological polar surface area (TPSA) is 141 Å². The minimum Gasteiger partial charge on any atom is -0.476 e. The summed E-state index contributed by atoms with van der Waals surface area (Å²) in [7, 11) is 0. The van der Waals surface area contributed by atoms with Crippen LogP contribution in [-0.2, 0) is 17.6 Å². The number of nitrogen functional groups attached to an aromatic ring is 2. The van der Waals surface area contributed by atoms with Gasteiger partial charge in [-0.1, -0.05) is 26.7 Å². The molecule has 28 heavy (non-hydrogen) atoms. The first kappa shape index (κ1) is 22.9. The van der Waals surface area contributed by atoms with Crippen LogP contribution in [0.5, 0.6) is 0 Å². The normalized spacial score (nSPS) is 9.96. The molecule has 2 aromatic rings. The molecule has 0 atom stereocenters. The van der Waals surface area contributed by atoms with E-state index in [0.29, 0.717) is 12.3 Å². The summed E-state index contributed by atoms with van der Waals surface area (Å²) < 4.78 is 4.86. The van der Waals surface area contributed by atoms with Crippen molar-refractivity contribution in [3.8, 4) is 0 Å². The van der Waals surface area contributed by atoms with Crippen LogP contribution in [0.4, 0.5) is 11.4 Å². The average molecular weight is 388 g/mol. The Balaban J connectivity index is 0.000000283. The maximum atomic E-state index is 11.5. The quantitative estimate of drug-likeness (QED) is 0.614. The Bertz CT molecular complexity index is 809. The van der Waals surface area contributed by atoms with Gasteiger partial charge < -0.3 is 21.3 Å². The van der Waals surface area contributed by atoms with Crippen LogP contribution in [0.1, 0.15) is 65.7 Å². The molecule has 2 rings (SSSR count). The van der Waals surface area contributed by atoms with Crippen LogP contribution >= 0.6 is 0 Å². The molecule has 152 valence electrons. The number of anilines is 2. The molecule has 8 heteroatoms. The summed E-state index contributed by atoms with van der Waals surface area (Å²) in [6, 6.07) is 3.59. The zero-order valence-corrected chi connectivity index (χ0v) is 16.6. The maximum absolute atomic E-state index is 11.5. The van der Waals surface area contributed by atoms with E-state index in [9.17, 15) is 9.59 Å². The number of aromatic nitrogens is 2. The lowest BCUT2D eigenvalue weighted by Crippen LogP contribution is -2.12. The summed E-state index contributed by atoms with van der Waals surface area (Å²) in [5, 5.41) is 8.72. The molecule has 0 amide bonds. The Morgan fingerprint density at radius 3 is 1.82 bits per heavy atom. The first-order valence-electron chi connectivity index (χ1n) is 9.24. The number of rotatable bonds is 7. The predicted octanol–water partition coefficient (Wildman–Crippen LogP) is 3.11. The number of hydrogen-bond acceptors (Lipinski definition) is 7. The van der Waals surface area contributed by atoms with Gasteiger partial charge in [0.1, 0.15) is 0 Å². The number of aryl methyl sites for hydroxylation is 2. The molecular formula is C20H28N4O4. The summed E-state index contributed by atoms with van der Waals surface area (Å²) in [4.78, 5) is 29.7. The molecule has 0 radical (unpaired) electrons. The van der Waals surface area contributed by atoms with Crippen LogP contribution in [0.2, 0.25) is 0 Å². The van der Waals surface area contributed by atoms with E-state index in [-0.39, 0.29) is 17.1 Å². The molecule has 0 spiro atoms. The van der Waals surface area contributed by atoms with Crippen molar-refractivity contribution in [1.82, 2.24) is 9.97 Å². The van der Waals surface area contributed by atoms with E-state index in [0.717, 1.165) is 36.8 Å². The van der Waals surface area contributed by atoms with Crippen LogP contribution in [0.25, 0.3) is 0 Å². The monoisotopic (exact) mass is 388 g/mol. The second-order valence-corrected chi connectivity index (χ2v) is 5.99. The molecule has 0 aliphatic rings. The number of carboxylic acids is 1. The molecule has 0 saturated heterocycles. The SMILES string of the molecule is CCCc1ccnc(C(=O)O)c1N.CCCc1ccnc(C(=O)OCC)c1N. The first-order valence-corrected chi connectivity index (χ1v) is 9.24. The second kappa shape index (κ2) is 11.5. The standard InChI is InChI=1S/C11H16N2O2.C9H12N2O2/c1-3-5-8-6-7-13-10(9(8)12)11(14)15-4-2;1-2-3-6-4-5-11-8(7(6)10)9(12)13/h6-7H,3-5,12H2,1-2H3;4-5H,2-3,10H2,1H3,(H,12,13). The first-order chi connectivity index (χ1) is 13.4. The van der Waals surface area contributed by atoms with E-state index >= 15 is 0 Å². The van der Waals surface area contributed by atoms with E-state index in [2.05, 4.69) is 16.9 Å². The smallest absolute Gasteiger partial charge is 0.359 e. The van der Waals surface area contributed by atoms with Crippen LogP contribution in [0, 0.1) is 0 Å². The molecule has 5 N–H and O–H groups in total. The van der Waals surface area contributed by atoms with Gasteiger partial charge in [-0.25, -0.2) is 19.6 Å². The Hall–Kier alpha value is -3.16. The Labute approximate surface area is 164 Å². The zero-order chi connectivity index (χ0) is 21.1. The average Bonchev–Trinajstić information content (AvgIpc) is 2.66. The minimum atomic E-state index is -1.07. The molecule has 0 aliphatic heterocycles. The Morgan fingerprint density at radius 2 is 1.39 bits per heavy atom. The lowest BCUT2D eigenvalue weighted by Gasteiger charge is -2.08. The van der Waals surface area contributed by atoms with E-state index in [1.807, 2.05) is 13.0 Å². The minimum absolute atomic E-state index is 0.0500. The van der Waals surface area contributed by atoms with Gasteiger partial charge in [-0.15, -0.1) is 0 Å². The predicted molar refractivity (Wildman–Crippen MR) is 108 cm³/mol. The molecule has 2 heterocycles. The molecule has 0 fully saturated rings. The van der Waals surface area contributed by atoms with Gasteiger partial charge in [0, 0.05) is 12.4 Å². The fourth-order valence-electron chi connectivity index (χ4n) is 2.53. The van der Waals surface area contributed by atoms with Gasteiger partial charge in [0.05, 0.1) is 18.0 Å². The lowest BCUT2D eigenvalue weighted by atomic mass is 10.1. The van der Waals surface area contributed by atoms with Crippen LogP contribution in [0.3, 0.4) is 0 Å². The summed E-state index contributed by atoms with van der Waals surface area (Å²) in [5.41, 5.74) is 14.2. The van der Waals surface area contributed by atoms with Crippen molar-refractivity contribution in [1.29, 1.82) is 0 Å². The van der Waals surface area contributed by atoms with Gasteiger partial charge in [-0.3, -0.25) is 0 Å². The second-order valence-electron chi connectivity index (χ2n) is 5.99. The fourth-order valence-corrected chi connectivity index (χ4v) is 2.53. The number of ether oxygens (including phenoxy) is 1. The van der Waals surface area contributed by atoms with Gasteiger partial charge in [0.25, 0.3) is 0 Å². The third-order valence-electron chi connectivity index (χ3n) is 3.87. The number of carbonyl (C=O) groups excluding carboxylic acids is 1. The van der Waals surface area contributed by atoms with Crippen molar-refractivity contribution in [2.45, 2.75) is 46.5 Å². The summed E-state index contributed by atoms with van der Waals surface area (Å²) in [6.07, 6.45) is 6.62. The van der Waals surface area contributed by atoms with Gasteiger partial charge in [-0.2, -0.15) is 0 Å². The number of pyridine rings is 2. The van der Waals surface area contributed by atoms with Crippen LogP contribution in [0.15, 0.2) is 24.5 Å². The van der Waals surface area contributed by atoms with Crippen LogP contribution in [-0.4, -0.2) is 33.6 Å². The van der Waals surface area contributed by atoms with Crippen molar-refractivity contribution in [3.05, 3.63) is 47.0 Å². The highest BCUT2D eigenvalue weighted by molar-refractivity contribution is 5.93. The largest absolute Gasteiger partial charge is 0.476 e. The highest BCUT2D eigenvalue weighted by Gasteiger charge is 2.14. The lowest BCUT2D eigenvalue weighted by molar-refractivity contribution is 0.0520. The Kier molecular flexibility index (Phi) is 9.42. The number of nitrogens with two attached hydrogens (primary N) is 2. The van der Waals surface area contributed by atoms with Gasteiger partial charge in [-0.05, 0) is 43.0 Å². The van der Waals surface area contributed by atoms with E-state index in [1.54, 1.807) is 19.2 Å². The number of aromatic carboxylic acids is 1. The third-order valence-corrected chi connectivity index (χ3v) is 3.87. The summed E-state index contributed by atoms with van der Waals surface area (Å²) in [6.45, 7) is 6.16. The van der Waals surface area contributed by atoms with E-state index in [1.165, 1.54) is 6.20 Å². The molecule has 0 aromatic carbocycles. The summed E-state index contributed by atoms with van der Waals surface area (Å²) in [5.74, 6) is -1.52. The van der Waals surface area contributed by atoms with Gasteiger partial charge in [0.15, 0.2) is 11.4 Å². The van der Waals surface area contributed by atoms with Crippen molar-refractivity contribution >= 4 is 23.3 Å². The zero-order valence-electron chi connectivity index (χ0n) is 16.6. The number of hydrogen-bond donors (Lipinski definition) is 3. The van der Waals surface area contributed by atoms with Gasteiger partial charge in [0.2, 0.25) is 0 Å². The van der Waals surface area contributed by atoms with Crippen molar-refractivity contribution in [2.75, 3.05) is 18.1 Å². The third kappa shape index (κ3) is 6.22. The van der Waals surface area contributed by atoms with Crippen molar-refractivity contribution in [3.63, 3.8) is 0 Å². The molecule has 0 aliphatic carbocycles. The van der Waals surface area contributed by atoms with Crippen molar-refractivity contribution in [2.24, 2.45) is 0 Å². The number of nitrogens with zero attached hydrogens (tertiary/aromatic N) is 2. The van der Waals surface area contributed by atoms with Gasteiger partial charge >= 0.3 is 11.9 Å². The highest BCUT2D eigenvalue weighted by atomic mass is 16.5. The number of carbonyl (C=O) groups is 2. The molecule has 0 saturated carbocycles. The highest BCUT2D eigenvalue weighted by Crippen LogP contribution is 2.18. The fraction of sp³-hybridized carbons (Fsp3) is 0.400. The summed E-state index contributed by atoms with van der Waals surface area (Å²) >= 11 is 0. The van der Waals surface area contributed by atoms with E-state index in [4.69, 9.17) is 21.3 Å². The maximum Gasteiger partial charge on any atom is 0.359 e. The Morgan fingerprint density at radius 1 is 0.929 bits per heavy atom.